The van der Waals surface area contributed by atoms with Gasteiger partial charge in [0, 0.05) is 31.7 Å². The van der Waals surface area contributed by atoms with Crippen molar-refractivity contribution in [2.24, 2.45) is 11.7 Å². The maximum absolute atomic E-state index is 5.57. The lowest BCUT2D eigenvalue weighted by molar-refractivity contribution is 0.183. The number of ether oxygens (including phenoxy) is 1. The fourth-order valence-corrected chi connectivity index (χ4v) is 2.24. The molecule has 1 atom stereocenters. The predicted octanol–water partition coefficient (Wildman–Crippen LogP) is 1.77. The van der Waals surface area contributed by atoms with Crippen LogP contribution < -0.4 is 5.73 Å². The number of hydrogen-bond donors (Lipinski definition) is 1. The van der Waals surface area contributed by atoms with E-state index in [1.54, 1.807) is 0 Å². The molecule has 1 aromatic carbocycles. The third-order valence-corrected chi connectivity index (χ3v) is 3.40. The molecule has 1 fully saturated rings. The molecule has 2 heterocycles. The van der Waals surface area contributed by atoms with E-state index in [4.69, 9.17) is 15.0 Å². The van der Waals surface area contributed by atoms with Gasteiger partial charge in [0.2, 0.25) is 11.7 Å². The van der Waals surface area contributed by atoms with Crippen molar-refractivity contribution >= 4 is 0 Å². The fourth-order valence-electron chi connectivity index (χ4n) is 2.24. The molecule has 19 heavy (non-hydrogen) atoms. The van der Waals surface area contributed by atoms with E-state index in [2.05, 4.69) is 10.1 Å². The van der Waals surface area contributed by atoms with Crippen molar-refractivity contribution in [1.29, 1.82) is 0 Å². The minimum absolute atomic E-state index is 0.507. The first-order chi connectivity index (χ1) is 9.35. The summed E-state index contributed by atoms with van der Waals surface area (Å²) >= 11 is 0. The van der Waals surface area contributed by atoms with Crippen LogP contribution in [0.2, 0.25) is 0 Å². The standard InChI is InChI=1S/C14H17N3O2/c15-8-10-1-3-12(4-2-10)14-16-13(19-17-14)7-11-5-6-18-9-11/h1-4,11H,5-9,15H2. The molecule has 2 aromatic rings. The van der Waals surface area contributed by atoms with Gasteiger partial charge < -0.3 is 15.0 Å². The summed E-state index contributed by atoms with van der Waals surface area (Å²) in [5.41, 5.74) is 7.62. The molecule has 3 rings (SSSR count). The Hall–Kier alpha value is -1.72. The normalized spacial score (nSPS) is 18.9. The third-order valence-electron chi connectivity index (χ3n) is 3.40. The molecular formula is C14H17N3O2. The second kappa shape index (κ2) is 5.50. The van der Waals surface area contributed by atoms with Crippen molar-refractivity contribution in [3.05, 3.63) is 35.7 Å². The summed E-state index contributed by atoms with van der Waals surface area (Å²) in [7, 11) is 0. The molecule has 1 aromatic heterocycles. The molecule has 0 bridgehead atoms. The van der Waals surface area contributed by atoms with Gasteiger partial charge in [-0.1, -0.05) is 29.4 Å². The maximum atomic E-state index is 5.57. The molecule has 0 aliphatic carbocycles. The van der Waals surface area contributed by atoms with Gasteiger partial charge in [-0.3, -0.25) is 0 Å². The maximum Gasteiger partial charge on any atom is 0.227 e. The van der Waals surface area contributed by atoms with Gasteiger partial charge in [0.05, 0.1) is 0 Å². The van der Waals surface area contributed by atoms with Gasteiger partial charge in [-0.15, -0.1) is 0 Å². The molecule has 1 aliphatic rings. The van der Waals surface area contributed by atoms with Crippen molar-refractivity contribution < 1.29 is 9.26 Å². The van der Waals surface area contributed by atoms with E-state index in [1.165, 1.54) is 0 Å². The first kappa shape index (κ1) is 12.3. The smallest absolute Gasteiger partial charge is 0.227 e. The fraction of sp³-hybridized carbons (Fsp3) is 0.429. The van der Waals surface area contributed by atoms with Crippen molar-refractivity contribution in [1.82, 2.24) is 10.1 Å². The minimum atomic E-state index is 0.507. The molecule has 2 N–H and O–H groups in total. The van der Waals surface area contributed by atoms with Crippen LogP contribution in [0.5, 0.6) is 0 Å². The quantitative estimate of drug-likeness (QED) is 0.905. The predicted molar refractivity (Wildman–Crippen MR) is 70.3 cm³/mol. The molecule has 0 saturated carbocycles. The van der Waals surface area contributed by atoms with Crippen LogP contribution >= 0.6 is 0 Å². The lowest BCUT2D eigenvalue weighted by Crippen LogP contribution is -2.03. The minimum Gasteiger partial charge on any atom is -0.381 e. The summed E-state index contributed by atoms with van der Waals surface area (Å²) in [4.78, 5) is 4.43. The Morgan fingerprint density at radius 2 is 2.11 bits per heavy atom. The summed E-state index contributed by atoms with van der Waals surface area (Å²) in [6.45, 7) is 2.18. The van der Waals surface area contributed by atoms with Gasteiger partial charge in [0.25, 0.3) is 0 Å². The first-order valence-corrected chi connectivity index (χ1v) is 6.55. The molecular weight excluding hydrogens is 242 g/mol. The number of rotatable bonds is 4. The van der Waals surface area contributed by atoms with Crippen molar-refractivity contribution in [3.63, 3.8) is 0 Å². The highest BCUT2D eigenvalue weighted by atomic mass is 16.5. The highest BCUT2D eigenvalue weighted by Crippen LogP contribution is 2.20. The lowest BCUT2D eigenvalue weighted by atomic mass is 10.1. The third kappa shape index (κ3) is 2.83. The van der Waals surface area contributed by atoms with Crippen LogP contribution in [0.4, 0.5) is 0 Å². The van der Waals surface area contributed by atoms with E-state index < -0.39 is 0 Å². The summed E-state index contributed by atoms with van der Waals surface area (Å²) in [5, 5.41) is 4.03. The Morgan fingerprint density at radius 1 is 1.26 bits per heavy atom. The van der Waals surface area contributed by atoms with Crippen LogP contribution in [0.1, 0.15) is 17.9 Å². The number of hydrogen-bond acceptors (Lipinski definition) is 5. The van der Waals surface area contributed by atoms with Crippen LogP contribution in [-0.4, -0.2) is 23.4 Å². The Balaban J connectivity index is 1.72. The van der Waals surface area contributed by atoms with Crippen molar-refractivity contribution in [3.8, 4) is 11.4 Å². The van der Waals surface area contributed by atoms with E-state index in [9.17, 15) is 0 Å². The molecule has 0 spiro atoms. The number of nitrogens with two attached hydrogens (primary N) is 1. The van der Waals surface area contributed by atoms with E-state index in [0.29, 0.717) is 24.2 Å². The van der Waals surface area contributed by atoms with Crippen LogP contribution in [0, 0.1) is 5.92 Å². The second-order valence-electron chi connectivity index (χ2n) is 4.85. The van der Waals surface area contributed by atoms with E-state index in [0.717, 1.165) is 37.2 Å². The van der Waals surface area contributed by atoms with Crippen LogP contribution in [-0.2, 0) is 17.7 Å². The van der Waals surface area contributed by atoms with Crippen LogP contribution in [0.25, 0.3) is 11.4 Å². The molecule has 5 heteroatoms. The van der Waals surface area contributed by atoms with Crippen molar-refractivity contribution in [2.45, 2.75) is 19.4 Å². The summed E-state index contributed by atoms with van der Waals surface area (Å²) < 4.78 is 10.6. The Kier molecular flexibility index (Phi) is 3.57. The van der Waals surface area contributed by atoms with E-state index >= 15 is 0 Å². The lowest BCUT2D eigenvalue weighted by Gasteiger charge is -2.01. The first-order valence-electron chi connectivity index (χ1n) is 6.55. The van der Waals surface area contributed by atoms with E-state index in [-0.39, 0.29) is 0 Å². The number of nitrogens with zero attached hydrogens (tertiary/aromatic N) is 2. The zero-order valence-corrected chi connectivity index (χ0v) is 10.7. The largest absolute Gasteiger partial charge is 0.381 e. The average molecular weight is 259 g/mol. The average Bonchev–Trinajstić information content (AvgIpc) is 3.11. The highest BCUT2D eigenvalue weighted by Gasteiger charge is 2.19. The van der Waals surface area contributed by atoms with Gasteiger partial charge in [-0.25, -0.2) is 0 Å². The van der Waals surface area contributed by atoms with Crippen LogP contribution in [0.15, 0.2) is 28.8 Å². The van der Waals surface area contributed by atoms with Crippen LogP contribution in [0.3, 0.4) is 0 Å². The zero-order chi connectivity index (χ0) is 13.1. The summed E-state index contributed by atoms with van der Waals surface area (Å²) in [5.74, 6) is 1.83. The van der Waals surface area contributed by atoms with Gasteiger partial charge in [-0.2, -0.15) is 4.98 Å². The molecule has 0 amide bonds. The molecule has 1 aliphatic heterocycles. The summed E-state index contributed by atoms with van der Waals surface area (Å²) in [6, 6.07) is 7.90. The van der Waals surface area contributed by atoms with Gasteiger partial charge in [0.15, 0.2) is 0 Å². The Labute approximate surface area is 111 Å². The molecule has 5 nitrogen and oxygen atoms in total. The number of aromatic nitrogens is 2. The Bertz CT molecular complexity index is 530. The van der Waals surface area contributed by atoms with Gasteiger partial charge >= 0.3 is 0 Å². The highest BCUT2D eigenvalue weighted by molar-refractivity contribution is 5.54. The molecule has 1 saturated heterocycles. The number of benzene rings is 1. The van der Waals surface area contributed by atoms with Gasteiger partial charge in [-0.05, 0) is 17.9 Å². The molecule has 0 radical (unpaired) electrons. The second-order valence-corrected chi connectivity index (χ2v) is 4.85. The van der Waals surface area contributed by atoms with Gasteiger partial charge in [0.1, 0.15) is 0 Å². The topological polar surface area (TPSA) is 74.2 Å². The van der Waals surface area contributed by atoms with E-state index in [1.807, 2.05) is 24.3 Å². The SMILES string of the molecule is NCc1ccc(-c2noc(CC3CCOC3)n2)cc1. The summed E-state index contributed by atoms with van der Waals surface area (Å²) in [6.07, 6.45) is 1.87. The monoisotopic (exact) mass is 259 g/mol. The zero-order valence-electron chi connectivity index (χ0n) is 10.7. The molecule has 100 valence electrons. The Morgan fingerprint density at radius 3 is 2.79 bits per heavy atom. The molecule has 1 unspecified atom stereocenters. The van der Waals surface area contributed by atoms with Crippen molar-refractivity contribution in [2.75, 3.05) is 13.2 Å².